The van der Waals surface area contributed by atoms with Crippen LogP contribution < -0.4 is 5.32 Å². The molecular formula is C10H9BrClN3O3. The van der Waals surface area contributed by atoms with Crippen LogP contribution in [-0.2, 0) is 0 Å². The predicted octanol–water partition coefficient (Wildman–Crippen LogP) is 2.24. The fourth-order valence-electron chi connectivity index (χ4n) is 1.24. The number of nitro groups is 1. The molecule has 0 fully saturated rings. The number of hydrogen-bond donors (Lipinski definition) is 2. The van der Waals surface area contributed by atoms with Gasteiger partial charge in [-0.2, -0.15) is 5.26 Å². The molecule has 0 aliphatic heterocycles. The molecule has 0 aromatic heterocycles. The Labute approximate surface area is 116 Å². The van der Waals surface area contributed by atoms with E-state index in [0.717, 1.165) is 0 Å². The molecule has 0 amide bonds. The molecular weight excluding hydrogens is 325 g/mol. The smallest absolute Gasteiger partial charge is 0.272 e. The Kier molecular flexibility index (Phi) is 5.34. The van der Waals surface area contributed by atoms with Crippen molar-refractivity contribution in [2.45, 2.75) is 6.10 Å². The van der Waals surface area contributed by atoms with Crippen LogP contribution in [0.15, 0.2) is 16.6 Å². The molecule has 2 N–H and O–H groups in total. The lowest BCUT2D eigenvalue weighted by atomic mass is 10.1. The number of aliphatic hydroxyl groups excluding tert-OH is 1. The predicted molar refractivity (Wildman–Crippen MR) is 70.7 cm³/mol. The fourth-order valence-corrected chi connectivity index (χ4v) is 1.94. The second-order valence-corrected chi connectivity index (χ2v) is 4.57. The number of anilines is 1. The summed E-state index contributed by atoms with van der Waals surface area (Å²) in [6.45, 7) is 0.147. The Morgan fingerprint density at radius 1 is 1.67 bits per heavy atom. The highest BCUT2D eigenvalue weighted by Crippen LogP contribution is 2.31. The highest BCUT2D eigenvalue weighted by molar-refractivity contribution is 9.10. The first kappa shape index (κ1) is 14.7. The Bertz CT molecular complexity index is 504. The zero-order valence-electron chi connectivity index (χ0n) is 9.06. The topological polar surface area (TPSA) is 99.2 Å². The molecule has 18 heavy (non-hydrogen) atoms. The van der Waals surface area contributed by atoms with E-state index < -0.39 is 11.0 Å². The van der Waals surface area contributed by atoms with Gasteiger partial charge in [-0.1, -0.05) is 0 Å². The first-order valence-electron chi connectivity index (χ1n) is 4.85. The van der Waals surface area contributed by atoms with Crippen LogP contribution in [-0.4, -0.2) is 28.6 Å². The summed E-state index contributed by atoms with van der Waals surface area (Å²) in [4.78, 5) is 10.1. The van der Waals surface area contributed by atoms with Crippen molar-refractivity contribution >= 4 is 38.9 Å². The maximum Gasteiger partial charge on any atom is 0.272 e. The van der Waals surface area contributed by atoms with E-state index >= 15 is 0 Å². The van der Waals surface area contributed by atoms with Crippen molar-refractivity contribution < 1.29 is 10.0 Å². The summed E-state index contributed by atoms with van der Waals surface area (Å²) in [6, 6.07) is 4.32. The molecule has 1 unspecified atom stereocenters. The summed E-state index contributed by atoms with van der Waals surface area (Å²) in [5.41, 5.74) is 0.340. The number of rotatable bonds is 5. The van der Waals surface area contributed by atoms with E-state index in [1.807, 2.05) is 6.07 Å². The van der Waals surface area contributed by atoms with E-state index in [2.05, 4.69) is 21.2 Å². The van der Waals surface area contributed by atoms with Gasteiger partial charge in [0.05, 0.1) is 28.2 Å². The molecule has 0 radical (unpaired) electrons. The Morgan fingerprint density at radius 2 is 2.33 bits per heavy atom. The van der Waals surface area contributed by atoms with E-state index in [0.29, 0.717) is 10.2 Å². The summed E-state index contributed by atoms with van der Waals surface area (Å²) in [5.74, 6) is 0.0550. The first-order chi connectivity index (χ1) is 8.49. The highest BCUT2D eigenvalue weighted by Gasteiger charge is 2.15. The minimum absolute atomic E-state index is 0.0550. The van der Waals surface area contributed by atoms with Gasteiger partial charge in [-0.3, -0.25) is 10.1 Å². The molecule has 0 aliphatic carbocycles. The van der Waals surface area contributed by atoms with Crippen molar-refractivity contribution in [1.29, 1.82) is 5.26 Å². The maximum atomic E-state index is 10.6. The van der Waals surface area contributed by atoms with Crippen molar-refractivity contribution in [2.75, 3.05) is 17.7 Å². The van der Waals surface area contributed by atoms with Crippen LogP contribution in [0.4, 0.5) is 11.4 Å². The molecule has 0 bridgehead atoms. The SMILES string of the molecule is N#Cc1cc([N+](=O)[O-])cc(Br)c1NCC(O)CCl. The zero-order chi connectivity index (χ0) is 13.7. The van der Waals surface area contributed by atoms with Crippen LogP contribution in [0.3, 0.4) is 0 Å². The minimum Gasteiger partial charge on any atom is -0.390 e. The summed E-state index contributed by atoms with van der Waals surface area (Å²) >= 11 is 8.59. The number of benzene rings is 1. The molecule has 0 heterocycles. The molecule has 1 atom stereocenters. The normalized spacial score (nSPS) is 11.7. The lowest BCUT2D eigenvalue weighted by Crippen LogP contribution is -2.21. The third kappa shape index (κ3) is 3.57. The van der Waals surface area contributed by atoms with E-state index in [4.69, 9.17) is 16.9 Å². The summed E-state index contributed by atoms with van der Waals surface area (Å²) in [6.07, 6.45) is -0.764. The molecule has 0 saturated carbocycles. The van der Waals surface area contributed by atoms with Crippen LogP contribution >= 0.6 is 27.5 Å². The molecule has 96 valence electrons. The lowest BCUT2D eigenvalue weighted by molar-refractivity contribution is -0.384. The van der Waals surface area contributed by atoms with E-state index in [1.165, 1.54) is 12.1 Å². The maximum absolute atomic E-state index is 10.6. The van der Waals surface area contributed by atoms with Crippen molar-refractivity contribution in [1.82, 2.24) is 0 Å². The monoisotopic (exact) mass is 333 g/mol. The quantitative estimate of drug-likeness (QED) is 0.489. The molecule has 0 saturated heterocycles. The van der Waals surface area contributed by atoms with Gasteiger partial charge in [-0.15, -0.1) is 11.6 Å². The number of non-ortho nitro benzene ring substituents is 1. The van der Waals surface area contributed by atoms with Gasteiger partial charge in [0.1, 0.15) is 6.07 Å². The van der Waals surface area contributed by atoms with E-state index in [-0.39, 0.29) is 23.7 Å². The fraction of sp³-hybridized carbons (Fsp3) is 0.300. The van der Waals surface area contributed by atoms with E-state index in [1.54, 1.807) is 0 Å². The van der Waals surface area contributed by atoms with Crippen molar-refractivity contribution in [3.05, 3.63) is 32.3 Å². The van der Waals surface area contributed by atoms with Gasteiger partial charge in [0.25, 0.3) is 5.69 Å². The molecule has 1 aromatic rings. The van der Waals surface area contributed by atoms with Gasteiger partial charge >= 0.3 is 0 Å². The number of nitrogens with one attached hydrogen (secondary N) is 1. The number of nitrogens with zero attached hydrogens (tertiary/aromatic N) is 2. The molecule has 0 aliphatic rings. The average Bonchev–Trinajstić information content (AvgIpc) is 2.35. The second-order valence-electron chi connectivity index (χ2n) is 3.41. The van der Waals surface area contributed by atoms with Gasteiger partial charge in [-0.05, 0) is 15.9 Å². The summed E-state index contributed by atoms with van der Waals surface area (Å²) in [5, 5.41) is 31.7. The Morgan fingerprint density at radius 3 is 2.83 bits per heavy atom. The Hall–Kier alpha value is -1.36. The number of halogens is 2. The molecule has 1 rings (SSSR count). The summed E-state index contributed by atoms with van der Waals surface area (Å²) < 4.78 is 0.384. The number of nitriles is 1. The lowest BCUT2D eigenvalue weighted by Gasteiger charge is -2.12. The standard InChI is InChI=1S/C10H9BrClN3O3/c11-9-2-7(15(17)18)1-6(4-13)10(9)14-5-8(16)3-12/h1-2,8,14,16H,3,5H2. The zero-order valence-corrected chi connectivity index (χ0v) is 11.4. The summed E-state index contributed by atoms with van der Waals surface area (Å²) in [7, 11) is 0. The molecule has 6 nitrogen and oxygen atoms in total. The first-order valence-corrected chi connectivity index (χ1v) is 6.18. The number of hydrogen-bond acceptors (Lipinski definition) is 5. The Balaban J connectivity index is 3.05. The highest BCUT2D eigenvalue weighted by atomic mass is 79.9. The molecule has 1 aromatic carbocycles. The van der Waals surface area contributed by atoms with Gasteiger partial charge in [0.15, 0.2) is 0 Å². The van der Waals surface area contributed by atoms with Crippen molar-refractivity contribution in [2.24, 2.45) is 0 Å². The van der Waals surface area contributed by atoms with Crippen molar-refractivity contribution in [3.8, 4) is 6.07 Å². The third-order valence-corrected chi connectivity index (χ3v) is 3.08. The van der Waals surface area contributed by atoms with E-state index in [9.17, 15) is 15.2 Å². The largest absolute Gasteiger partial charge is 0.390 e. The van der Waals surface area contributed by atoms with Crippen LogP contribution in [0, 0.1) is 21.4 Å². The van der Waals surface area contributed by atoms with Crippen LogP contribution in [0.25, 0.3) is 0 Å². The van der Waals surface area contributed by atoms with Crippen molar-refractivity contribution in [3.63, 3.8) is 0 Å². The van der Waals surface area contributed by atoms with Gasteiger partial charge in [-0.25, -0.2) is 0 Å². The number of aliphatic hydroxyl groups is 1. The second kappa shape index (κ2) is 6.54. The van der Waals surface area contributed by atoms with Gasteiger partial charge < -0.3 is 10.4 Å². The van der Waals surface area contributed by atoms with Crippen LogP contribution in [0.1, 0.15) is 5.56 Å². The molecule has 0 spiro atoms. The minimum atomic E-state index is -0.764. The van der Waals surface area contributed by atoms with Gasteiger partial charge in [0, 0.05) is 23.2 Å². The average molecular weight is 335 g/mol. The van der Waals surface area contributed by atoms with Gasteiger partial charge in [0.2, 0.25) is 0 Å². The number of nitro benzene ring substituents is 1. The number of alkyl halides is 1. The molecule has 8 heteroatoms. The third-order valence-electron chi connectivity index (χ3n) is 2.10. The van der Waals surface area contributed by atoms with Crippen LogP contribution in [0.5, 0.6) is 0 Å². The van der Waals surface area contributed by atoms with Crippen LogP contribution in [0.2, 0.25) is 0 Å².